The molecule has 1 atom stereocenters. The number of anilines is 2. The molecule has 2 amide bonds. The number of carbonyl (C=O) groups is 2. The molecule has 0 aromatic carbocycles. The Bertz CT molecular complexity index is 1060. The number of sulfonamides is 1. The molecule has 0 spiro atoms. The average Bonchev–Trinajstić information content (AvgIpc) is 3.25. The molecule has 0 bridgehead atoms. The van der Waals surface area contributed by atoms with E-state index in [1.54, 1.807) is 17.9 Å². The second-order valence-electron chi connectivity index (χ2n) is 7.39. The quantitative estimate of drug-likeness (QED) is 0.687. The van der Waals surface area contributed by atoms with Gasteiger partial charge in [-0.05, 0) is 26.7 Å². The molecule has 0 aliphatic carbocycles. The van der Waals surface area contributed by atoms with Crippen LogP contribution in [0.2, 0.25) is 0 Å². The molecule has 1 saturated heterocycles. The van der Waals surface area contributed by atoms with Gasteiger partial charge in [0.1, 0.15) is 5.69 Å². The molecular weight excluding hydrogens is 410 g/mol. The monoisotopic (exact) mass is 437 g/mol. The van der Waals surface area contributed by atoms with Gasteiger partial charge in [0.2, 0.25) is 15.9 Å². The second-order valence-corrected chi connectivity index (χ2v) is 9.38. The first-order valence-electron chi connectivity index (χ1n) is 9.73. The van der Waals surface area contributed by atoms with Crippen molar-refractivity contribution >= 4 is 33.2 Å². The van der Waals surface area contributed by atoms with Crippen LogP contribution >= 0.6 is 0 Å². The van der Waals surface area contributed by atoms with Gasteiger partial charge in [-0.15, -0.1) is 0 Å². The van der Waals surface area contributed by atoms with Crippen molar-refractivity contribution in [3.8, 4) is 0 Å². The Balaban J connectivity index is 1.78. The number of nitrogens with one attached hydrogen (secondary N) is 2. The second kappa shape index (κ2) is 8.56. The Kier molecular flexibility index (Phi) is 6.27. The largest absolute Gasteiger partial charge is 0.322 e. The predicted molar refractivity (Wildman–Crippen MR) is 112 cm³/mol. The minimum absolute atomic E-state index is 0.128. The number of rotatable bonds is 6. The number of aryl methyl sites for hydroxylation is 2. The van der Waals surface area contributed by atoms with Crippen LogP contribution in [-0.4, -0.2) is 63.4 Å². The summed E-state index contributed by atoms with van der Waals surface area (Å²) in [4.78, 5) is 25.7. The maximum Gasteiger partial charge on any atom is 0.276 e. The third-order valence-electron chi connectivity index (χ3n) is 5.32. The Labute approximate surface area is 175 Å². The van der Waals surface area contributed by atoms with Crippen molar-refractivity contribution in [1.82, 2.24) is 23.9 Å². The van der Waals surface area contributed by atoms with Crippen molar-refractivity contribution < 1.29 is 18.0 Å². The highest BCUT2D eigenvalue weighted by Crippen LogP contribution is 2.23. The molecule has 0 saturated carbocycles. The summed E-state index contributed by atoms with van der Waals surface area (Å²) >= 11 is 0. The maximum atomic E-state index is 12.9. The van der Waals surface area contributed by atoms with Crippen LogP contribution in [0.15, 0.2) is 12.4 Å². The van der Waals surface area contributed by atoms with Crippen LogP contribution in [0.1, 0.15) is 35.9 Å². The third-order valence-corrected chi connectivity index (χ3v) is 6.59. The van der Waals surface area contributed by atoms with Crippen LogP contribution in [0.3, 0.4) is 0 Å². The summed E-state index contributed by atoms with van der Waals surface area (Å²) < 4.78 is 28.1. The highest BCUT2D eigenvalue weighted by molar-refractivity contribution is 7.88. The molecule has 0 radical (unpaired) electrons. The van der Waals surface area contributed by atoms with E-state index in [2.05, 4.69) is 20.8 Å². The van der Waals surface area contributed by atoms with Gasteiger partial charge in [-0.3, -0.25) is 19.0 Å². The van der Waals surface area contributed by atoms with E-state index in [4.69, 9.17) is 0 Å². The summed E-state index contributed by atoms with van der Waals surface area (Å²) in [7, 11) is -1.58. The molecular formula is C18H27N7O4S. The first-order chi connectivity index (χ1) is 14.1. The first-order valence-corrected chi connectivity index (χ1v) is 11.6. The van der Waals surface area contributed by atoms with Crippen LogP contribution in [-0.2, 0) is 28.4 Å². The van der Waals surface area contributed by atoms with Crippen LogP contribution in [0.25, 0.3) is 0 Å². The van der Waals surface area contributed by atoms with E-state index < -0.39 is 21.8 Å². The topological polar surface area (TPSA) is 131 Å². The Morgan fingerprint density at radius 1 is 1.20 bits per heavy atom. The zero-order valence-electron chi connectivity index (χ0n) is 17.5. The van der Waals surface area contributed by atoms with Gasteiger partial charge >= 0.3 is 0 Å². The molecule has 2 N–H and O–H groups in total. The fraction of sp³-hybridized carbons (Fsp3) is 0.556. The summed E-state index contributed by atoms with van der Waals surface area (Å²) in [6.07, 6.45) is 5.31. The van der Waals surface area contributed by atoms with Crippen molar-refractivity contribution in [1.29, 1.82) is 0 Å². The number of hydrogen-bond donors (Lipinski definition) is 2. The lowest BCUT2D eigenvalue weighted by molar-refractivity contribution is -0.120. The van der Waals surface area contributed by atoms with Crippen LogP contribution < -0.4 is 10.6 Å². The zero-order valence-corrected chi connectivity index (χ0v) is 18.4. The minimum Gasteiger partial charge on any atom is -0.322 e. The lowest BCUT2D eigenvalue weighted by Gasteiger charge is -2.30. The minimum atomic E-state index is -3.36. The summed E-state index contributed by atoms with van der Waals surface area (Å²) in [5, 5.41) is 13.9. The Morgan fingerprint density at radius 2 is 1.90 bits per heavy atom. The zero-order chi connectivity index (χ0) is 22.1. The average molecular weight is 438 g/mol. The van der Waals surface area contributed by atoms with Crippen molar-refractivity contribution in [2.24, 2.45) is 13.0 Å². The summed E-state index contributed by atoms with van der Waals surface area (Å²) in [6, 6.07) is 0. The number of amides is 2. The number of nitrogens with zero attached hydrogens (tertiary/aromatic N) is 5. The number of carbonyl (C=O) groups excluding carboxylic acids is 2. The van der Waals surface area contributed by atoms with Crippen molar-refractivity contribution in [2.75, 3.05) is 30.0 Å². The van der Waals surface area contributed by atoms with Crippen molar-refractivity contribution in [3.63, 3.8) is 0 Å². The fourth-order valence-corrected chi connectivity index (χ4v) is 4.36. The molecule has 2 aromatic rings. The number of piperidine rings is 1. The normalized spacial score (nSPS) is 17.7. The molecule has 3 heterocycles. The Morgan fingerprint density at radius 3 is 2.50 bits per heavy atom. The van der Waals surface area contributed by atoms with E-state index >= 15 is 0 Å². The fourth-order valence-electron chi connectivity index (χ4n) is 3.45. The van der Waals surface area contributed by atoms with Gasteiger partial charge in [0.15, 0.2) is 0 Å². The van der Waals surface area contributed by atoms with E-state index in [9.17, 15) is 18.0 Å². The Hall–Kier alpha value is -2.73. The summed E-state index contributed by atoms with van der Waals surface area (Å²) in [5.74, 6) is -1.23. The SMILES string of the molecule is CCn1ncc(NC(=O)[C@@H]2CCCN(S(C)(=O)=O)C2)c1C(=O)Nc1cnn(C)c1C. The van der Waals surface area contributed by atoms with E-state index in [0.29, 0.717) is 31.6 Å². The van der Waals surface area contributed by atoms with E-state index in [1.807, 2.05) is 13.8 Å². The molecule has 11 nitrogen and oxygen atoms in total. The first kappa shape index (κ1) is 22.0. The van der Waals surface area contributed by atoms with Crippen molar-refractivity contribution in [3.05, 3.63) is 23.8 Å². The molecule has 2 aromatic heterocycles. The van der Waals surface area contributed by atoms with Crippen LogP contribution in [0.4, 0.5) is 11.4 Å². The molecule has 1 aliphatic heterocycles. The van der Waals surface area contributed by atoms with Crippen LogP contribution in [0, 0.1) is 12.8 Å². The molecule has 12 heteroatoms. The van der Waals surface area contributed by atoms with Crippen molar-refractivity contribution in [2.45, 2.75) is 33.2 Å². The van der Waals surface area contributed by atoms with Gasteiger partial charge in [0.25, 0.3) is 5.91 Å². The van der Waals surface area contributed by atoms with Gasteiger partial charge in [-0.1, -0.05) is 0 Å². The summed E-state index contributed by atoms with van der Waals surface area (Å²) in [5.41, 5.74) is 1.88. The molecule has 1 fully saturated rings. The lowest BCUT2D eigenvalue weighted by Crippen LogP contribution is -2.43. The van der Waals surface area contributed by atoms with E-state index in [-0.39, 0.29) is 23.8 Å². The molecule has 1 aliphatic rings. The lowest BCUT2D eigenvalue weighted by atomic mass is 9.98. The number of hydrogen-bond acceptors (Lipinski definition) is 6. The molecule has 30 heavy (non-hydrogen) atoms. The van der Waals surface area contributed by atoms with Gasteiger partial charge < -0.3 is 10.6 Å². The molecule has 164 valence electrons. The van der Waals surface area contributed by atoms with E-state index in [1.165, 1.54) is 15.2 Å². The van der Waals surface area contributed by atoms with Gasteiger partial charge in [0.05, 0.1) is 41.6 Å². The van der Waals surface area contributed by atoms with E-state index in [0.717, 1.165) is 11.9 Å². The highest BCUT2D eigenvalue weighted by Gasteiger charge is 2.31. The molecule has 3 rings (SSSR count). The van der Waals surface area contributed by atoms with Gasteiger partial charge in [-0.25, -0.2) is 12.7 Å². The van der Waals surface area contributed by atoms with Gasteiger partial charge in [-0.2, -0.15) is 10.2 Å². The number of aromatic nitrogens is 4. The standard InChI is InChI=1S/C18H27N7O4S/c1-5-25-16(18(27)21-14-9-19-23(3)12(14)2)15(10-20-25)22-17(26)13-7-6-8-24(11-13)30(4,28)29/h9-10,13H,5-8,11H2,1-4H3,(H,21,27)(H,22,26)/t13-/m1/s1. The third kappa shape index (κ3) is 4.54. The molecule has 0 unspecified atom stereocenters. The van der Waals surface area contributed by atoms with Gasteiger partial charge in [0, 0.05) is 26.7 Å². The highest BCUT2D eigenvalue weighted by atomic mass is 32.2. The van der Waals surface area contributed by atoms with Crippen LogP contribution in [0.5, 0.6) is 0 Å². The smallest absolute Gasteiger partial charge is 0.276 e. The maximum absolute atomic E-state index is 12.9. The predicted octanol–water partition coefficient (Wildman–Crippen LogP) is 0.807. The summed E-state index contributed by atoms with van der Waals surface area (Å²) in [6.45, 7) is 4.66.